The van der Waals surface area contributed by atoms with Crippen molar-refractivity contribution in [3.63, 3.8) is 0 Å². The maximum absolute atomic E-state index is 12.7. The molecule has 0 saturated carbocycles. The van der Waals surface area contributed by atoms with Crippen LogP contribution >= 0.6 is 0 Å². The second-order valence-electron chi connectivity index (χ2n) is 9.06. The number of anilines is 1. The Morgan fingerprint density at radius 2 is 1.86 bits per heavy atom. The minimum Gasteiger partial charge on any atom is -0.480 e. The number of amides is 1. The van der Waals surface area contributed by atoms with Crippen LogP contribution < -0.4 is 20.3 Å². The standard InChI is InChI=1S/C25H32N6O5S/c1-18-17-30(25-26-12-5-13-27-25)14-15-31(18)20-10-8-19(9-11-20)23(32)28-16-22(24(33)34)29-37(35,36)21-6-3-2-4-7-21/h2-4,6-11,18,22,29H,5,12-17H2,1H3,(H,26,27)(H,28,32)(H,33,34)/t18?,22-/m0/s1. The van der Waals surface area contributed by atoms with Gasteiger partial charge in [-0.15, -0.1) is 0 Å². The molecule has 1 fully saturated rings. The van der Waals surface area contributed by atoms with E-state index in [1.807, 2.05) is 12.1 Å². The number of piperazine rings is 1. The fourth-order valence-corrected chi connectivity index (χ4v) is 5.61. The molecule has 37 heavy (non-hydrogen) atoms. The zero-order chi connectivity index (χ0) is 26.4. The molecule has 198 valence electrons. The third-order valence-corrected chi connectivity index (χ3v) is 7.87. The maximum Gasteiger partial charge on any atom is 0.323 e. The van der Waals surface area contributed by atoms with Crippen LogP contribution in [0.5, 0.6) is 0 Å². The van der Waals surface area contributed by atoms with Crippen LogP contribution in [0.15, 0.2) is 64.5 Å². The number of carbonyl (C=O) groups excluding carboxylic acids is 1. The van der Waals surface area contributed by atoms with Crippen molar-refractivity contribution in [3.05, 3.63) is 60.2 Å². The topological polar surface area (TPSA) is 143 Å². The number of rotatable bonds is 8. The average Bonchev–Trinajstić information content (AvgIpc) is 2.91. The lowest BCUT2D eigenvalue weighted by atomic mass is 10.1. The molecule has 12 heteroatoms. The van der Waals surface area contributed by atoms with Crippen LogP contribution in [0.1, 0.15) is 23.7 Å². The van der Waals surface area contributed by atoms with Gasteiger partial charge in [-0.25, -0.2) is 8.42 Å². The molecule has 1 saturated heterocycles. The normalized spacial score (nSPS) is 18.9. The van der Waals surface area contributed by atoms with Crippen molar-refractivity contribution in [3.8, 4) is 0 Å². The predicted octanol–water partition coefficient (Wildman–Crippen LogP) is 0.708. The fraction of sp³-hybridized carbons (Fsp3) is 0.400. The van der Waals surface area contributed by atoms with Crippen molar-refractivity contribution >= 4 is 33.5 Å². The minimum absolute atomic E-state index is 0.0544. The Bertz CT molecular complexity index is 1240. The van der Waals surface area contributed by atoms with Gasteiger partial charge in [0, 0.05) is 56.6 Å². The molecule has 2 aromatic carbocycles. The van der Waals surface area contributed by atoms with E-state index in [9.17, 15) is 23.1 Å². The molecule has 2 heterocycles. The summed E-state index contributed by atoms with van der Waals surface area (Å²) in [6.07, 6.45) is 1.05. The Balaban J connectivity index is 1.33. The van der Waals surface area contributed by atoms with E-state index < -0.39 is 34.5 Å². The van der Waals surface area contributed by atoms with Gasteiger partial charge in [-0.3, -0.25) is 14.6 Å². The summed E-state index contributed by atoms with van der Waals surface area (Å²) in [4.78, 5) is 33.4. The zero-order valence-electron chi connectivity index (χ0n) is 20.6. The molecule has 2 aliphatic rings. The Labute approximate surface area is 216 Å². The highest BCUT2D eigenvalue weighted by Gasteiger charge is 2.28. The first-order chi connectivity index (χ1) is 17.7. The first kappa shape index (κ1) is 26.4. The quantitative estimate of drug-likeness (QED) is 0.392. The Hall–Kier alpha value is -3.64. The number of carboxylic acid groups (broad SMARTS) is 1. The highest BCUT2D eigenvalue weighted by Crippen LogP contribution is 2.21. The molecule has 2 aromatic rings. The number of aliphatic imine (C=N–C) groups is 1. The summed E-state index contributed by atoms with van der Waals surface area (Å²) in [7, 11) is -4.05. The van der Waals surface area contributed by atoms with Gasteiger partial charge >= 0.3 is 5.97 Å². The van der Waals surface area contributed by atoms with Crippen molar-refractivity contribution < 1.29 is 23.1 Å². The van der Waals surface area contributed by atoms with Crippen LogP contribution in [0.2, 0.25) is 0 Å². The number of hydrogen-bond donors (Lipinski definition) is 4. The minimum atomic E-state index is -4.05. The van der Waals surface area contributed by atoms with E-state index in [0.29, 0.717) is 5.56 Å². The number of guanidine groups is 1. The van der Waals surface area contributed by atoms with Gasteiger partial charge in [0.2, 0.25) is 10.0 Å². The first-order valence-corrected chi connectivity index (χ1v) is 13.7. The molecule has 0 aliphatic carbocycles. The molecule has 4 N–H and O–H groups in total. The summed E-state index contributed by atoms with van der Waals surface area (Å²) in [5.74, 6) is -0.913. The molecule has 0 spiro atoms. The van der Waals surface area contributed by atoms with Crippen LogP contribution in [0.4, 0.5) is 5.69 Å². The summed E-state index contributed by atoms with van der Waals surface area (Å²) in [6, 6.07) is 13.3. The number of hydrogen-bond acceptors (Lipinski definition) is 8. The third-order valence-electron chi connectivity index (χ3n) is 6.38. The van der Waals surface area contributed by atoms with Crippen LogP contribution in [0.25, 0.3) is 0 Å². The SMILES string of the molecule is CC1CN(C2=NCCCN2)CCN1c1ccc(C(=O)NC[C@H](NS(=O)(=O)c2ccccc2)C(=O)O)cc1. The first-order valence-electron chi connectivity index (χ1n) is 12.2. The summed E-state index contributed by atoms with van der Waals surface area (Å²) >= 11 is 0. The number of nitrogens with zero attached hydrogens (tertiary/aromatic N) is 3. The summed E-state index contributed by atoms with van der Waals surface area (Å²) < 4.78 is 27.1. The van der Waals surface area contributed by atoms with Crippen LogP contribution in [-0.2, 0) is 14.8 Å². The van der Waals surface area contributed by atoms with Gasteiger partial charge in [-0.1, -0.05) is 18.2 Å². The molecule has 1 unspecified atom stereocenters. The van der Waals surface area contributed by atoms with Crippen molar-refractivity contribution in [2.24, 2.45) is 4.99 Å². The maximum atomic E-state index is 12.7. The van der Waals surface area contributed by atoms with E-state index in [-0.39, 0.29) is 10.9 Å². The lowest BCUT2D eigenvalue weighted by Crippen LogP contribution is -2.57. The van der Waals surface area contributed by atoms with E-state index in [1.165, 1.54) is 12.1 Å². The van der Waals surface area contributed by atoms with Crippen molar-refractivity contribution in [1.82, 2.24) is 20.3 Å². The van der Waals surface area contributed by atoms with Crippen LogP contribution in [0, 0.1) is 0 Å². The van der Waals surface area contributed by atoms with Crippen molar-refractivity contribution in [2.45, 2.75) is 30.3 Å². The summed E-state index contributed by atoms with van der Waals surface area (Å²) in [5.41, 5.74) is 1.34. The number of aliphatic carboxylic acids is 1. The van der Waals surface area contributed by atoms with E-state index >= 15 is 0 Å². The Morgan fingerprint density at radius 1 is 1.14 bits per heavy atom. The van der Waals surface area contributed by atoms with E-state index in [2.05, 4.69) is 37.1 Å². The smallest absolute Gasteiger partial charge is 0.323 e. The number of carboxylic acids is 1. The van der Waals surface area contributed by atoms with Gasteiger partial charge in [0.1, 0.15) is 6.04 Å². The monoisotopic (exact) mass is 528 g/mol. The van der Waals surface area contributed by atoms with Gasteiger partial charge in [0.15, 0.2) is 5.96 Å². The molecule has 4 rings (SSSR count). The predicted molar refractivity (Wildman–Crippen MR) is 140 cm³/mol. The highest BCUT2D eigenvalue weighted by molar-refractivity contribution is 7.89. The molecule has 2 atom stereocenters. The molecular weight excluding hydrogens is 496 g/mol. The molecule has 1 amide bonds. The van der Waals surface area contributed by atoms with E-state index in [1.54, 1.807) is 30.3 Å². The van der Waals surface area contributed by atoms with Gasteiger partial charge < -0.3 is 25.5 Å². The second-order valence-corrected chi connectivity index (χ2v) is 10.8. The molecule has 0 bridgehead atoms. The molecular formula is C25H32N6O5S. The molecule has 0 aromatic heterocycles. The second kappa shape index (κ2) is 11.6. The van der Waals surface area contributed by atoms with Gasteiger partial charge in [-0.2, -0.15) is 4.72 Å². The largest absolute Gasteiger partial charge is 0.480 e. The number of benzene rings is 2. The van der Waals surface area contributed by atoms with Crippen molar-refractivity contribution in [1.29, 1.82) is 0 Å². The molecule has 11 nitrogen and oxygen atoms in total. The van der Waals surface area contributed by atoms with Gasteiger partial charge in [-0.05, 0) is 49.7 Å². The lowest BCUT2D eigenvalue weighted by molar-refractivity contribution is -0.138. The fourth-order valence-electron chi connectivity index (χ4n) is 4.40. The molecule has 0 radical (unpaired) electrons. The Kier molecular flexibility index (Phi) is 8.29. The lowest BCUT2D eigenvalue weighted by Gasteiger charge is -2.43. The van der Waals surface area contributed by atoms with Crippen LogP contribution in [0.3, 0.4) is 0 Å². The summed E-state index contributed by atoms with van der Waals surface area (Å²) in [5, 5.41) is 15.4. The Morgan fingerprint density at radius 3 is 2.49 bits per heavy atom. The van der Waals surface area contributed by atoms with Crippen molar-refractivity contribution in [2.75, 3.05) is 44.2 Å². The number of nitrogens with one attached hydrogen (secondary N) is 3. The van der Waals surface area contributed by atoms with E-state index in [4.69, 9.17) is 0 Å². The number of carbonyl (C=O) groups is 2. The van der Waals surface area contributed by atoms with Crippen LogP contribution in [-0.4, -0.2) is 87.6 Å². The molecule has 2 aliphatic heterocycles. The van der Waals surface area contributed by atoms with Gasteiger partial charge in [0.05, 0.1) is 4.90 Å². The van der Waals surface area contributed by atoms with E-state index in [0.717, 1.165) is 50.8 Å². The highest BCUT2D eigenvalue weighted by atomic mass is 32.2. The third kappa shape index (κ3) is 6.57. The average molecular weight is 529 g/mol. The number of sulfonamides is 1. The van der Waals surface area contributed by atoms with Gasteiger partial charge in [0.25, 0.3) is 5.91 Å². The zero-order valence-corrected chi connectivity index (χ0v) is 21.4. The summed E-state index contributed by atoms with van der Waals surface area (Å²) in [6.45, 7) is 6.04.